The number of rotatable bonds is 7. The fourth-order valence-electron chi connectivity index (χ4n) is 1.79. The van der Waals surface area contributed by atoms with Crippen LogP contribution in [0.4, 0.5) is 10.1 Å². The summed E-state index contributed by atoms with van der Waals surface area (Å²) >= 11 is 5.11. The van der Waals surface area contributed by atoms with Gasteiger partial charge in [-0.05, 0) is 36.5 Å². The summed E-state index contributed by atoms with van der Waals surface area (Å²) in [4.78, 5) is 1.41. The van der Waals surface area contributed by atoms with Crippen LogP contribution in [-0.4, -0.2) is 80.2 Å². The van der Waals surface area contributed by atoms with E-state index in [9.17, 15) is 24.8 Å². The SMILES string of the molecule is CN(C[C@H](O)[C@@H](O)[C@H](O)[C@H](O)CO)C(=S)Nc1ccc(F)cc1. The molecule has 4 atom stereocenters. The lowest BCUT2D eigenvalue weighted by Crippen LogP contribution is -2.50. The molecule has 9 heteroatoms. The van der Waals surface area contributed by atoms with E-state index in [4.69, 9.17) is 17.3 Å². The molecule has 1 aromatic carbocycles. The first-order valence-electron chi connectivity index (χ1n) is 6.87. The number of anilines is 1. The second kappa shape index (κ2) is 9.06. The van der Waals surface area contributed by atoms with Crippen molar-refractivity contribution in [3.63, 3.8) is 0 Å². The molecule has 130 valence electrons. The first kappa shape index (κ1) is 19.7. The van der Waals surface area contributed by atoms with Gasteiger partial charge in [-0.25, -0.2) is 4.39 Å². The summed E-state index contributed by atoms with van der Waals surface area (Å²) in [6.45, 7) is -0.880. The number of nitrogens with zero attached hydrogens (tertiary/aromatic N) is 1. The van der Waals surface area contributed by atoms with Crippen LogP contribution in [0.15, 0.2) is 24.3 Å². The summed E-state index contributed by atoms with van der Waals surface area (Å²) in [5, 5.41) is 50.2. The van der Waals surface area contributed by atoms with E-state index in [0.717, 1.165) is 0 Å². The zero-order valence-electron chi connectivity index (χ0n) is 12.5. The molecule has 23 heavy (non-hydrogen) atoms. The van der Waals surface area contributed by atoms with E-state index < -0.39 is 31.0 Å². The normalized spacial score (nSPS) is 16.3. The van der Waals surface area contributed by atoms with Crippen LogP contribution in [0.5, 0.6) is 0 Å². The number of benzene rings is 1. The van der Waals surface area contributed by atoms with Gasteiger partial charge in [-0.3, -0.25) is 0 Å². The fraction of sp³-hybridized carbons (Fsp3) is 0.500. The highest BCUT2D eigenvalue weighted by molar-refractivity contribution is 7.80. The Labute approximate surface area is 138 Å². The van der Waals surface area contributed by atoms with Gasteiger partial charge in [-0.1, -0.05) is 0 Å². The van der Waals surface area contributed by atoms with Crippen LogP contribution in [0.25, 0.3) is 0 Å². The largest absolute Gasteiger partial charge is 0.394 e. The third kappa shape index (κ3) is 5.98. The van der Waals surface area contributed by atoms with Crippen molar-refractivity contribution in [1.29, 1.82) is 0 Å². The topological polar surface area (TPSA) is 116 Å². The zero-order valence-corrected chi connectivity index (χ0v) is 13.3. The van der Waals surface area contributed by atoms with Gasteiger partial charge in [0, 0.05) is 19.3 Å². The maximum absolute atomic E-state index is 12.8. The predicted molar refractivity (Wildman–Crippen MR) is 86.4 cm³/mol. The maximum Gasteiger partial charge on any atom is 0.173 e. The highest BCUT2D eigenvalue weighted by Crippen LogP contribution is 2.10. The summed E-state index contributed by atoms with van der Waals surface area (Å²) in [7, 11) is 1.55. The Bertz CT molecular complexity index is 504. The van der Waals surface area contributed by atoms with Crippen molar-refractivity contribution in [1.82, 2.24) is 4.90 Å². The third-order valence-electron chi connectivity index (χ3n) is 3.23. The number of aliphatic hydroxyl groups excluding tert-OH is 5. The molecule has 0 saturated heterocycles. The second-order valence-electron chi connectivity index (χ2n) is 5.12. The highest BCUT2D eigenvalue weighted by atomic mass is 32.1. The van der Waals surface area contributed by atoms with E-state index in [1.165, 1.54) is 29.2 Å². The summed E-state index contributed by atoms with van der Waals surface area (Å²) < 4.78 is 12.8. The van der Waals surface area contributed by atoms with Crippen molar-refractivity contribution in [2.24, 2.45) is 0 Å². The molecule has 0 aromatic heterocycles. The highest BCUT2D eigenvalue weighted by Gasteiger charge is 2.30. The Balaban J connectivity index is 2.55. The minimum absolute atomic E-state index is 0.136. The lowest BCUT2D eigenvalue weighted by molar-refractivity contribution is -0.116. The Morgan fingerprint density at radius 1 is 1.13 bits per heavy atom. The van der Waals surface area contributed by atoms with Crippen molar-refractivity contribution in [3.05, 3.63) is 30.1 Å². The van der Waals surface area contributed by atoms with Gasteiger partial charge in [-0.2, -0.15) is 0 Å². The lowest BCUT2D eigenvalue weighted by Gasteiger charge is -2.29. The van der Waals surface area contributed by atoms with Gasteiger partial charge in [0.1, 0.15) is 30.2 Å². The molecule has 0 heterocycles. The van der Waals surface area contributed by atoms with Crippen LogP contribution < -0.4 is 5.32 Å². The number of nitrogens with one attached hydrogen (secondary N) is 1. The number of aliphatic hydroxyl groups is 5. The van der Waals surface area contributed by atoms with Gasteiger partial charge < -0.3 is 35.7 Å². The predicted octanol–water partition coefficient (Wildman–Crippen LogP) is -1.11. The van der Waals surface area contributed by atoms with E-state index >= 15 is 0 Å². The summed E-state index contributed by atoms with van der Waals surface area (Å²) in [5.41, 5.74) is 0.550. The fourth-order valence-corrected chi connectivity index (χ4v) is 1.98. The Morgan fingerprint density at radius 3 is 2.17 bits per heavy atom. The lowest BCUT2D eigenvalue weighted by atomic mass is 10.0. The molecule has 0 unspecified atom stereocenters. The number of thiocarbonyl (C=S) groups is 1. The van der Waals surface area contributed by atoms with Gasteiger partial charge in [-0.15, -0.1) is 0 Å². The Kier molecular flexibility index (Phi) is 7.76. The average molecular weight is 348 g/mol. The smallest absolute Gasteiger partial charge is 0.173 e. The Morgan fingerprint density at radius 2 is 1.65 bits per heavy atom. The molecule has 0 aliphatic heterocycles. The van der Waals surface area contributed by atoms with Crippen LogP contribution in [-0.2, 0) is 0 Å². The quantitative estimate of drug-likeness (QED) is 0.344. The minimum atomic E-state index is -1.69. The number of hydrogen-bond acceptors (Lipinski definition) is 6. The van der Waals surface area contributed by atoms with E-state index in [1.54, 1.807) is 7.05 Å². The molecule has 0 saturated carbocycles. The maximum atomic E-state index is 12.8. The number of hydrogen-bond donors (Lipinski definition) is 6. The van der Waals surface area contributed by atoms with Crippen molar-refractivity contribution >= 4 is 23.0 Å². The molecule has 1 aromatic rings. The van der Waals surface area contributed by atoms with E-state index in [-0.39, 0.29) is 17.5 Å². The van der Waals surface area contributed by atoms with Gasteiger partial charge in [0.2, 0.25) is 0 Å². The molecule has 7 nitrogen and oxygen atoms in total. The summed E-state index contributed by atoms with van der Waals surface area (Å²) in [6, 6.07) is 5.50. The van der Waals surface area contributed by atoms with Crippen LogP contribution >= 0.6 is 12.2 Å². The van der Waals surface area contributed by atoms with Crippen LogP contribution in [0, 0.1) is 5.82 Å². The average Bonchev–Trinajstić information content (AvgIpc) is 2.54. The zero-order chi connectivity index (χ0) is 17.6. The molecule has 0 spiro atoms. The van der Waals surface area contributed by atoms with E-state index in [2.05, 4.69) is 5.32 Å². The third-order valence-corrected chi connectivity index (χ3v) is 3.64. The molecular weight excluding hydrogens is 327 g/mol. The van der Waals surface area contributed by atoms with Gasteiger partial charge >= 0.3 is 0 Å². The molecule has 6 N–H and O–H groups in total. The molecule has 0 aliphatic rings. The monoisotopic (exact) mass is 348 g/mol. The Hall–Kier alpha value is -1.36. The van der Waals surface area contributed by atoms with Crippen molar-refractivity contribution in [2.75, 3.05) is 25.5 Å². The van der Waals surface area contributed by atoms with Crippen LogP contribution in [0.2, 0.25) is 0 Å². The standard InChI is InChI=1S/C14H21FN2O5S/c1-17(6-10(19)12(21)13(22)11(20)7-18)14(23)16-9-4-2-8(15)3-5-9/h2-5,10-13,18-22H,6-7H2,1H3,(H,16,23)/t10-,11+,12+,13+/m0/s1. The first-order valence-corrected chi connectivity index (χ1v) is 7.28. The molecule has 1 rings (SSSR count). The van der Waals surface area contributed by atoms with Gasteiger partial charge in [0.15, 0.2) is 5.11 Å². The van der Waals surface area contributed by atoms with Crippen molar-refractivity contribution < 1.29 is 29.9 Å². The molecule has 0 bridgehead atoms. The van der Waals surface area contributed by atoms with Gasteiger partial charge in [0.05, 0.1) is 6.61 Å². The molecule has 0 amide bonds. The molecular formula is C14H21FN2O5S. The van der Waals surface area contributed by atoms with Crippen LogP contribution in [0.3, 0.4) is 0 Å². The van der Waals surface area contributed by atoms with E-state index in [0.29, 0.717) is 5.69 Å². The summed E-state index contributed by atoms with van der Waals surface area (Å²) in [5.74, 6) is -0.384. The minimum Gasteiger partial charge on any atom is -0.394 e. The molecule has 0 aliphatic carbocycles. The first-order chi connectivity index (χ1) is 10.8. The van der Waals surface area contributed by atoms with Crippen molar-refractivity contribution in [2.45, 2.75) is 24.4 Å². The van der Waals surface area contributed by atoms with Crippen molar-refractivity contribution in [3.8, 4) is 0 Å². The number of halogens is 1. The second-order valence-corrected chi connectivity index (χ2v) is 5.50. The van der Waals surface area contributed by atoms with Crippen LogP contribution in [0.1, 0.15) is 0 Å². The summed E-state index contributed by atoms with van der Waals surface area (Å²) in [6.07, 6.45) is -6.33. The molecule has 0 radical (unpaired) electrons. The van der Waals surface area contributed by atoms with E-state index in [1.807, 2.05) is 0 Å². The molecule has 0 fully saturated rings. The number of likely N-dealkylation sites (N-methyl/N-ethyl adjacent to an activating group) is 1. The van der Waals surface area contributed by atoms with Gasteiger partial charge in [0.25, 0.3) is 0 Å².